The van der Waals surface area contributed by atoms with Crippen LogP contribution in [0.3, 0.4) is 0 Å². The van der Waals surface area contributed by atoms with E-state index in [0.717, 1.165) is 14.6 Å². The first kappa shape index (κ1) is 20.9. The van der Waals surface area contributed by atoms with E-state index in [1.807, 2.05) is 36.4 Å². The van der Waals surface area contributed by atoms with Gasteiger partial charge in [-0.15, -0.1) is 11.3 Å². The van der Waals surface area contributed by atoms with Crippen LogP contribution in [0.4, 0.5) is 11.4 Å². The van der Waals surface area contributed by atoms with Gasteiger partial charge >= 0.3 is 0 Å². The molecule has 1 heterocycles. The minimum absolute atomic E-state index is 0.246. The van der Waals surface area contributed by atoms with Gasteiger partial charge < -0.3 is 10.6 Å². The van der Waals surface area contributed by atoms with Crippen LogP contribution < -0.4 is 10.6 Å². The second-order valence-corrected chi connectivity index (χ2v) is 9.13. The van der Waals surface area contributed by atoms with E-state index in [4.69, 9.17) is 23.2 Å². The number of carbonyl (C=O) groups excluding carboxylic acids is 2. The van der Waals surface area contributed by atoms with Gasteiger partial charge in [-0.1, -0.05) is 57.3 Å². The average Bonchev–Trinajstić information content (AvgIpc) is 3.08. The molecule has 0 spiro atoms. The molecule has 0 fully saturated rings. The van der Waals surface area contributed by atoms with Crippen LogP contribution in [0.25, 0.3) is 10.1 Å². The number of hydrogen-bond acceptors (Lipinski definition) is 3. The molecular formula is C22H13BrCl2N2O2S. The van der Waals surface area contributed by atoms with Crippen molar-refractivity contribution in [3.05, 3.63) is 91.7 Å². The van der Waals surface area contributed by atoms with Crippen molar-refractivity contribution in [3.8, 4) is 0 Å². The third-order valence-corrected chi connectivity index (χ3v) is 6.76. The Morgan fingerprint density at radius 2 is 1.60 bits per heavy atom. The molecule has 0 unspecified atom stereocenters. The molecule has 1 aromatic heterocycles. The molecule has 4 nitrogen and oxygen atoms in total. The Bertz CT molecular complexity index is 1270. The summed E-state index contributed by atoms with van der Waals surface area (Å²) in [7, 11) is 0. The molecule has 30 heavy (non-hydrogen) atoms. The van der Waals surface area contributed by atoms with Crippen LogP contribution in [-0.2, 0) is 0 Å². The number of rotatable bonds is 4. The zero-order valence-corrected chi connectivity index (χ0v) is 19.1. The number of thiophene rings is 1. The zero-order chi connectivity index (χ0) is 21.3. The summed E-state index contributed by atoms with van der Waals surface area (Å²) in [5.41, 5.74) is 1.21. The quantitative estimate of drug-likeness (QED) is 0.293. The molecule has 0 aliphatic rings. The van der Waals surface area contributed by atoms with Crippen LogP contribution in [0.1, 0.15) is 20.0 Å². The summed E-state index contributed by atoms with van der Waals surface area (Å²) >= 11 is 17.2. The topological polar surface area (TPSA) is 58.2 Å². The fourth-order valence-electron chi connectivity index (χ4n) is 2.88. The summed E-state index contributed by atoms with van der Waals surface area (Å²) < 4.78 is 1.81. The predicted octanol–water partition coefficient (Wildman–Crippen LogP) is 7.48. The van der Waals surface area contributed by atoms with Crippen molar-refractivity contribution in [2.75, 3.05) is 10.6 Å². The summed E-state index contributed by atoms with van der Waals surface area (Å²) in [6.45, 7) is 0. The number of hydrogen-bond donors (Lipinski definition) is 2. The number of benzene rings is 3. The van der Waals surface area contributed by atoms with Gasteiger partial charge in [0, 0.05) is 25.3 Å². The molecule has 0 saturated carbocycles. The number of amides is 2. The monoisotopic (exact) mass is 518 g/mol. The first-order valence-corrected chi connectivity index (χ1v) is 11.1. The van der Waals surface area contributed by atoms with E-state index in [1.165, 1.54) is 17.4 Å². The van der Waals surface area contributed by atoms with Crippen LogP contribution >= 0.6 is 50.5 Å². The Morgan fingerprint density at radius 1 is 0.867 bits per heavy atom. The average molecular weight is 520 g/mol. The van der Waals surface area contributed by atoms with Crippen molar-refractivity contribution < 1.29 is 9.59 Å². The van der Waals surface area contributed by atoms with Gasteiger partial charge in [-0.25, -0.2) is 0 Å². The molecule has 150 valence electrons. The number of nitrogens with one attached hydrogen (secondary N) is 2. The summed E-state index contributed by atoms with van der Waals surface area (Å²) in [6.07, 6.45) is 0. The van der Waals surface area contributed by atoms with Crippen LogP contribution in [0.5, 0.6) is 0 Å². The summed E-state index contributed by atoms with van der Waals surface area (Å²) in [4.78, 5) is 26.1. The first-order valence-electron chi connectivity index (χ1n) is 8.77. The Morgan fingerprint density at radius 3 is 2.33 bits per heavy atom. The van der Waals surface area contributed by atoms with E-state index < -0.39 is 5.91 Å². The summed E-state index contributed by atoms with van der Waals surface area (Å²) in [5, 5.41) is 7.19. The number of carbonyl (C=O) groups is 2. The van der Waals surface area contributed by atoms with E-state index >= 15 is 0 Å². The Hall–Kier alpha value is -2.38. The molecular weight excluding hydrogens is 507 g/mol. The lowest BCUT2D eigenvalue weighted by Crippen LogP contribution is -2.18. The standard InChI is InChI=1S/C22H13BrCl2N2O2S/c23-12-5-8-14(9-6-12)26-21(28)16-11-13(24)7-10-17(16)27-22(29)20-19(25)15-3-1-2-4-18(15)30-20/h1-11H,(H,26,28)(H,27,29). The molecule has 0 atom stereocenters. The number of anilines is 2. The van der Waals surface area contributed by atoms with Gasteiger partial charge in [0.05, 0.1) is 16.3 Å². The van der Waals surface area contributed by atoms with Crippen LogP contribution in [0.2, 0.25) is 10.0 Å². The van der Waals surface area contributed by atoms with Gasteiger partial charge in [0.2, 0.25) is 0 Å². The Kier molecular flexibility index (Phi) is 6.11. The van der Waals surface area contributed by atoms with Crippen molar-refractivity contribution in [1.82, 2.24) is 0 Å². The Labute approximate surface area is 194 Å². The van der Waals surface area contributed by atoms with E-state index in [-0.39, 0.29) is 11.5 Å². The zero-order valence-electron chi connectivity index (χ0n) is 15.2. The van der Waals surface area contributed by atoms with E-state index in [1.54, 1.807) is 24.3 Å². The van der Waals surface area contributed by atoms with Crippen LogP contribution in [0, 0.1) is 0 Å². The maximum atomic E-state index is 12.9. The van der Waals surface area contributed by atoms with Crippen molar-refractivity contribution in [3.63, 3.8) is 0 Å². The molecule has 0 bridgehead atoms. The highest BCUT2D eigenvalue weighted by Gasteiger charge is 2.20. The second-order valence-electron chi connectivity index (χ2n) is 6.35. The van der Waals surface area contributed by atoms with E-state index in [9.17, 15) is 9.59 Å². The van der Waals surface area contributed by atoms with Crippen molar-refractivity contribution in [2.24, 2.45) is 0 Å². The van der Waals surface area contributed by atoms with Gasteiger partial charge in [0.1, 0.15) is 4.88 Å². The van der Waals surface area contributed by atoms with Gasteiger partial charge in [0.25, 0.3) is 11.8 Å². The number of fused-ring (bicyclic) bond motifs is 1. The molecule has 2 N–H and O–H groups in total. The van der Waals surface area contributed by atoms with Crippen molar-refractivity contribution in [2.45, 2.75) is 0 Å². The molecule has 8 heteroatoms. The van der Waals surface area contributed by atoms with E-state index in [2.05, 4.69) is 26.6 Å². The minimum Gasteiger partial charge on any atom is -0.322 e. The lowest BCUT2D eigenvalue weighted by Gasteiger charge is -2.12. The maximum Gasteiger partial charge on any atom is 0.267 e. The van der Waals surface area contributed by atoms with Crippen molar-refractivity contribution >= 4 is 83.7 Å². The number of halogens is 3. The SMILES string of the molecule is O=C(Nc1ccc(Br)cc1)c1cc(Cl)ccc1NC(=O)c1sc2ccccc2c1Cl. The Balaban J connectivity index is 1.62. The maximum absolute atomic E-state index is 12.9. The normalized spacial score (nSPS) is 10.8. The first-order chi connectivity index (χ1) is 14.4. The molecule has 0 saturated heterocycles. The lowest BCUT2D eigenvalue weighted by atomic mass is 10.1. The minimum atomic E-state index is -0.391. The molecule has 4 rings (SSSR count). The third kappa shape index (κ3) is 4.37. The third-order valence-electron chi connectivity index (χ3n) is 4.32. The highest BCUT2D eigenvalue weighted by Crippen LogP contribution is 2.36. The molecule has 0 aliphatic carbocycles. The highest BCUT2D eigenvalue weighted by atomic mass is 79.9. The fraction of sp³-hybridized carbons (Fsp3) is 0. The second kappa shape index (κ2) is 8.78. The van der Waals surface area contributed by atoms with Crippen molar-refractivity contribution in [1.29, 1.82) is 0 Å². The fourth-order valence-corrected chi connectivity index (χ4v) is 4.73. The molecule has 3 aromatic carbocycles. The molecule has 0 aliphatic heterocycles. The van der Waals surface area contributed by atoms with Crippen LogP contribution in [0.15, 0.2) is 71.2 Å². The van der Waals surface area contributed by atoms with Gasteiger partial charge in [-0.2, -0.15) is 0 Å². The predicted molar refractivity (Wildman–Crippen MR) is 128 cm³/mol. The van der Waals surface area contributed by atoms with Gasteiger partial charge in [-0.05, 0) is 48.5 Å². The van der Waals surface area contributed by atoms with Gasteiger partial charge in [-0.3, -0.25) is 9.59 Å². The lowest BCUT2D eigenvalue weighted by molar-refractivity contribution is 0.102. The van der Waals surface area contributed by atoms with E-state index in [0.29, 0.717) is 26.3 Å². The highest BCUT2D eigenvalue weighted by molar-refractivity contribution is 9.10. The molecule has 4 aromatic rings. The smallest absolute Gasteiger partial charge is 0.267 e. The van der Waals surface area contributed by atoms with Crippen LogP contribution in [-0.4, -0.2) is 11.8 Å². The largest absolute Gasteiger partial charge is 0.322 e. The summed E-state index contributed by atoms with van der Waals surface area (Å²) in [5.74, 6) is -0.779. The molecule has 2 amide bonds. The van der Waals surface area contributed by atoms with Gasteiger partial charge in [0.15, 0.2) is 0 Å². The summed E-state index contributed by atoms with van der Waals surface area (Å²) in [6, 6.07) is 19.4. The molecule has 0 radical (unpaired) electrons.